The molecule has 0 bridgehead atoms. The van der Waals surface area contributed by atoms with E-state index >= 15 is 26.3 Å². The fraction of sp³-hybridized carbons (Fsp3) is 0.180. The Morgan fingerprint density at radius 3 is 1.05 bits per heavy atom. The number of fused-ring (bicyclic) bond motifs is 12. The molecule has 6 aromatic heterocycles. The van der Waals surface area contributed by atoms with Crippen LogP contribution >= 0.6 is 0 Å². The maximum atomic E-state index is 15.7. The standard InChI is InChI=1S/C100H82F6N6/c1-95(2,3)65-33-41-84-77(53-65)78-54-68(36-44-85(78)110(84)90-46-48-108-58-80(90)72-37-31-69(99(101,102)103)55-92(72)111-86-42-34-66(96(4,5)6)51-75(86)76-52-67(97(7,8)9)35-43-87(76)111)98(10,11)57-64-25-20-28-91-94(64)79-50-63(61-23-16-13-17-24-61)30-40-88(79)112(91)93-56-70(100(104,105)106)32-38-73(93)81-59-107-47-45-89(81)109-82-27-19-18-26-71(82)74-49-62(29-39-83(74)109)60-21-14-12-15-22-60/h12-56,58-59H,57H2,1-11H3. The van der Waals surface area contributed by atoms with Gasteiger partial charge < -0.3 is 18.3 Å². The van der Waals surface area contributed by atoms with E-state index in [9.17, 15) is 0 Å². The second-order valence-corrected chi connectivity index (χ2v) is 33.8. The van der Waals surface area contributed by atoms with E-state index in [4.69, 9.17) is 9.97 Å². The van der Waals surface area contributed by atoms with Gasteiger partial charge in [0.25, 0.3) is 0 Å². The first kappa shape index (κ1) is 71.3. The molecule has 0 aliphatic heterocycles. The predicted octanol–water partition coefficient (Wildman–Crippen LogP) is 28.0. The van der Waals surface area contributed by atoms with Crippen LogP contribution in [0.4, 0.5) is 26.3 Å². The van der Waals surface area contributed by atoms with Crippen LogP contribution in [0.1, 0.15) is 115 Å². The summed E-state index contributed by atoms with van der Waals surface area (Å²) in [5, 5.41) is 7.77. The molecule has 0 saturated carbocycles. The summed E-state index contributed by atoms with van der Waals surface area (Å²) >= 11 is 0. The van der Waals surface area contributed by atoms with Gasteiger partial charge in [0.2, 0.25) is 0 Å². The third kappa shape index (κ3) is 12.0. The second-order valence-electron chi connectivity index (χ2n) is 33.8. The minimum atomic E-state index is -4.69. The van der Waals surface area contributed by atoms with Gasteiger partial charge in [-0.3, -0.25) is 9.97 Å². The molecule has 12 heteroatoms. The van der Waals surface area contributed by atoms with Gasteiger partial charge in [-0.2, -0.15) is 26.3 Å². The number of halogens is 6. The lowest BCUT2D eigenvalue weighted by Crippen LogP contribution is -2.20. The highest BCUT2D eigenvalue weighted by atomic mass is 19.4. The van der Waals surface area contributed by atoms with Crippen molar-refractivity contribution in [3.8, 4) is 67.3 Å². The Bertz CT molecular complexity index is 6770. The van der Waals surface area contributed by atoms with Gasteiger partial charge in [-0.1, -0.05) is 216 Å². The Morgan fingerprint density at radius 1 is 0.259 bits per heavy atom. The van der Waals surface area contributed by atoms with E-state index in [-0.39, 0.29) is 16.2 Å². The molecule has 6 heterocycles. The van der Waals surface area contributed by atoms with Crippen LogP contribution in [0.3, 0.4) is 0 Å². The van der Waals surface area contributed by atoms with E-state index in [0.29, 0.717) is 40.0 Å². The molecule has 0 N–H and O–H groups in total. The van der Waals surface area contributed by atoms with Gasteiger partial charge in [0, 0.05) is 90.1 Å². The Hall–Kier alpha value is -12.3. The molecule has 0 saturated heterocycles. The van der Waals surface area contributed by atoms with Crippen LogP contribution < -0.4 is 0 Å². The van der Waals surface area contributed by atoms with E-state index in [0.717, 1.165) is 149 Å². The largest absolute Gasteiger partial charge is 0.416 e. The van der Waals surface area contributed by atoms with Gasteiger partial charge in [-0.25, -0.2) is 0 Å². The molecule has 112 heavy (non-hydrogen) atoms. The Labute approximate surface area is 646 Å². The van der Waals surface area contributed by atoms with Crippen molar-refractivity contribution >= 4 is 87.2 Å². The van der Waals surface area contributed by atoms with Crippen molar-refractivity contribution in [2.45, 2.75) is 117 Å². The lowest BCUT2D eigenvalue weighted by molar-refractivity contribution is -0.138. The summed E-state index contributed by atoms with van der Waals surface area (Å²) < 4.78 is 102. The quantitative estimate of drug-likeness (QED) is 0.121. The summed E-state index contributed by atoms with van der Waals surface area (Å²) in [4.78, 5) is 9.52. The van der Waals surface area contributed by atoms with Crippen LogP contribution in [0, 0.1) is 0 Å². The van der Waals surface area contributed by atoms with Crippen molar-refractivity contribution in [1.29, 1.82) is 0 Å². The molecule has 6 nitrogen and oxygen atoms in total. The Morgan fingerprint density at radius 2 is 0.607 bits per heavy atom. The Balaban J connectivity index is 0.811. The van der Waals surface area contributed by atoms with Crippen LogP contribution in [-0.2, 0) is 40.4 Å². The maximum absolute atomic E-state index is 15.7. The zero-order valence-corrected chi connectivity index (χ0v) is 64.3. The minimum absolute atomic E-state index is 0.206. The van der Waals surface area contributed by atoms with Crippen LogP contribution in [0.5, 0.6) is 0 Å². The molecule has 0 aliphatic rings. The van der Waals surface area contributed by atoms with Gasteiger partial charge in [0.05, 0.1) is 78.0 Å². The van der Waals surface area contributed by atoms with Crippen LogP contribution in [0.15, 0.2) is 286 Å². The van der Waals surface area contributed by atoms with Crippen molar-refractivity contribution in [3.05, 3.63) is 325 Å². The molecule has 0 aliphatic carbocycles. The van der Waals surface area contributed by atoms with Crippen molar-refractivity contribution in [2.24, 2.45) is 0 Å². The summed E-state index contributed by atoms with van der Waals surface area (Å²) in [7, 11) is 0. The first-order chi connectivity index (χ1) is 53.5. The second kappa shape index (κ2) is 25.9. The number of benzene rings is 12. The van der Waals surface area contributed by atoms with Crippen LogP contribution in [-0.4, -0.2) is 28.2 Å². The first-order valence-corrected chi connectivity index (χ1v) is 38.2. The SMILES string of the molecule is CC(C)(C)c1ccc2c(c1)c1cc(C(C)(C)C)ccc1n2-c1cc(C(F)(F)F)ccc1-c1cnccc1-n1c2ccc(C(C)(C)C)cc2c2cc(C(C)(C)Cc3cccc4c3c3cc(-c5ccccc5)ccc3n4-c3cc(C(F)(F)F)ccc3-c3cnccc3-n3c4ccccc4c4cc(-c5ccccc5)ccc43)ccc21. The van der Waals surface area contributed by atoms with Gasteiger partial charge in [-0.05, 0) is 199 Å². The van der Waals surface area contributed by atoms with Gasteiger partial charge in [0.1, 0.15) is 0 Å². The smallest absolute Gasteiger partial charge is 0.309 e. The zero-order valence-electron chi connectivity index (χ0n) is 64.3. The third-order valence-corrected chi connectivity index (χ3v) is 23.1. The molecule has 554 valence electrons. The molecule has 0 spiro atoms. The summed E-state index contributed by atoms with van der Waals surface area (Å²) in [5.41, 5.74) is 18.1. The monoisotopic (exact) mass is 1480 g/mol. The highest BCUT2D eigenvalue weighted by molar-refractivity contribution is 6.15. The van der Waals surface area contributed by atoms with Crippen LogP contribution in [0.25, 0.3) is 154 Å². The number of pyridine rings is 2. The number of nitrogens with zero attached hydrogens (tertiary/aromatic N) is 6. The average molecular weight is 1480 g/mol. The van der Waals surface area contributed by atoms with E-state index in [2.05, 4.69) is 237 Å². The predicted molar refractivity (Wildman–Crippen MR) is 450 cm³/mol. The van der Waals surface area contributed by atoms with E-state index in [1.54, 1.807) is 36.9 Å². The van der Waals surface area contributed by atoms with Crippen molar-refractivity contribution in [2.75, 3.05) is 0 Å². The van der Waals surface area contributed by atoms with E-state index < -0.39 is 28.9 Å². The molecule has 0 atom stereocenters. The molecule has 0 unspecified atom stereocenters. The summed E-state index contributed by atoms with van der Waals surface area (Å²) in [6, 6.07) is 85.8. The van der Waals surface area contributed by atoms with Crippen molar-refractivity contribution < 1.29 is 26.3 Å². The molecule has 18 rings (SSSR count). The molecule has 0 fully saturated rings. The normalized spacial score (nSPS) is 12.9. The van der Waals surface area contributed by atoms with Crippen LogP contribution in [0.2, 0.25) is 0 Å². The van der Waals surface area contributed by atoms with Gasteiger partial charge in [0.15, 0.2) is 0 Å². The zero-order chi connectivity index (χ0) is 77.9. The number of aromatic nitrogens is 6. The molecule has 18 aromatic rings. The fourth-order valence-electron chi connectivity index (χ4n) is 17.2. The topological polar surface area (TPSA) is 45.5 Å². The Kier molecular flexibility index (Phi) is 16.5. The average Bonchev–Trinajstić information content (AvgIpc) is 1.56. The number of hydrogen-bond acceptors (Lipinski definition) is 2. The maximum Gasteiger partial charge on any atom is 0.416 e. The number of rotatable bonds is 11. The number of hydrogen-bond donors (Lipinski definition) is 0. The molecule has 0 amide bonds. The van der Waals surface area contributed by atoms with E-state index in [1.165, 1.54) is 24.3 Å². The summed E-state index contributed by atoms with van der Waals surface area (Å²) in [6.07, 6.45) is -1.78. The number of para-hydroxylation sites is 1. The highest BCUT2D eigenvalue weighted by Crippen LogP contribution is 2.50. The lowest BCUT2D eigenvalue weighted by Gasteiger charge is -2.26. The first-order valence-electron chi connectivity index (χ1n) is 38.2. The summed E-state index contributed by atoms with van der Waals surface area (Å²) in [5.74, 6) is 0. The highest BCUT2D eigenvalue weighted by Gasteiger charge is 2.36. The van der Waals surface area contributed by atoms with E-state index in [1.807, 2.05) is 81.9 Å². The van der Waals surface area contributed by atoms with Crippen molar-refractivity contribution in [3.63, 3.8) is 0 Å². The molecular formula is C100H82F6N6. The fourth-order valence-corrected chi connectivity index (χ4v) is 17.2. The van der Waals surface area contributed by atoms with Gasteiger partial charge in [-0.15, -0.1) is 0 Å². The minimum Gasteiger partial charge on any atom is -0.309 e. The lowest BCUT2D eigenvalue weighted by atomic mass is 9.78. The molecule has 12 aromatic carbocycles. The molecule has 0 radical (unpaired) electrons. The summed E-state index contributed by atoms with van der Waals surface area (Å²) in [6.45, 7) is 24.2. The molecular weight excluding hydrogens is 1400 g/mol. The van der Waals surface area contributed by atoms with Gasteiger partial charge >= 0.3 is 12.4 Å². The third-order valence-electron chi connectivity index (χ3n) is 23.1. The number of alkyl halides is 6. The van der Waals surface area contributed by atoms with Crippen molar-refractivity contribution in [1.82, 2.24) is 28.2 Å².